The molecule has 0 N–H and O–H groups in total. The highest BCUT2D eigenvalue weighted by molar-refractivity contribution is 7.91. The molecule has 0 unspecified atom stereocenters. The summed E-state index contributed by atoms with van der Waals surface area (Å²) in [5, 5.41) is 0. The van der Waals surface area contributed by atoms with Crippen LogP contribution < -0.4 is 4.74 Å². The lowest BCUT2D eigenvalue weighted by Gasteiger charge is -2.07. The van der Waals surface area contributed by atoms with Gasteiger partial charge in [0.05, 0.1) is 4.90 Å². The van der Waals surface area contributed by atoms with Crippen molar-refractivity contribution in [1.29, 1.82) is 0 Å². The van der Waals surface area contributed by atoms with Gasteiger partial charge in [-0.15, -0.1) is 0 Å². The Kier molecular flexibility index (Phi) is 3.80. The maximum absolute atomic E-state index is 12.3. The molecule has 0 aliphatic heterocycles. The van der Waals surface area contributed by atoms with Gasteiger partial charge < -0.3 is 4.74 Å². The Morgan fingerprint density at radius 2 is 1.37 bits per heavy atom. The molecule has 2 rings (SSSR count). The average Bonchev–Trinajstić information content (AvgIpc) is 2.40. The molecule has 0 atom stereocenters. The molecule has 19 heavy (non-hydrogen) atoms. The number of ether oxygens (including phenoxy) is 1. The third-order valence-corrected chi connectivity index (χ3v) is 3.76. The van der Waals surface area contributed by atoms with Crippen molar-refractivity contribution in [3.63, 3.8) is 0 Å². The minimum absolute atomic E-state index is 0.374. The number of hydrogen-bond acceptors (Lipinski definition) is 3. The van der Waals surface area contributed by atoms with Crippen molar-refractivity contribution in [2.24, 2.45) is 0 Å². The highest BCUT2D eigenvalue weighted by Crippen LogP contribution is 2.24. The van der Waals surface area contributed by atoms with E-state index in [4.69, 9.17) is 4.74 Å². The van der Waals surface area contributed by atoms with Gasteiger partial charge in [0, 0.05) is 0 Å². The molecule has 2 aromatic carbocycles. The lowest BCUT2D eigenvalue weighted by atomic mass is 10.3. The van der Waals surface area contributed by atoms with E-state index >= 15 is 0 Å². The molecular weight excluding hydrogens is 274 g/mol. The molecule has 2 aromatic rings. The molecule has 0 spiro atoms. The molecular formula is C13H10F2O3S. The van der Waals surface area contributed by atoms with Crippen molar-refractivity contribution in [3.05, 3.63) is 54.6 Å². The fourth-order valence-corrected chi connectivity index (χ4v) is 2.15. The molecule has 100 valence electrons. The zero-order chi connectivity index (χ0) is 13.9. The molecule has 0 radical (unpaired) electrons. The second-order valence-electron chi connectivity index (χ2n) is 3.69. The summed E-state index contributed by atoms with van der Waals surface area (Å²) in [7, 11) is -4.56. The normalized spacial score (nSPS) is 11.5. The number of para-hydroxylation sites is 1. The number of halogens is 2. The van der Waals surface area contributed by atoms with Gasteiger partial charge >= 0.3 is 5.76 Å². The van der Waals surface area contributed by atoms with Gasteiger partial charge in [0.15, 0.2) is 0 Å². The van der Waals surface area contributed by atoms with Gasteiger partial charge in [0.25, 0.3) is 0 Å². The standard InChI is InChI=1S/C13H10F2O3S/c14-13(15)19(16,17)12-8-6-11(7-9-12)18-10-4-2-1-3-5-10/h1-9,13H. The molecule has 0 fully saturated rings. The lowest BCUT2D eigenvalue weighted by molar-refractivity contribution is 0.234. The Morgan fingerprint density at radius 1 is 0.842 bits per heavy atom. The van der Waals surface area contributed by atoms with Crippen molar-refractivity contribution in [2.75, 3.05) is 0 Å². The summed E-state index contributed by atoms with van der Waals surface area (Å²) in [6.45, 7) is 0. The van der Waals surface area contributed by atoms with Crippen molar-refractivity contribution in [3.8, 4) is 11.5 Å². The molecule has 3 nitrogen and oxygen atoms in total. The molecule has 6 heteroatoms. The van der Waals surface area contributed by atoms with Gasteiger partial charge in [-0.25, -0.2) is 8.42 Å². The van der Waals surface area contributed by atoms with E-state index in [0.29, 0.717) is 11.5 Å². The number of benzene rings is 2. The third-order valence-electron chi connectivity index (χ3n) is 2.37. The predicted molar refractivity (Wildman–Crippen MR) is 66.1 cm³/mol. The van der Waals surface area contributed by atoms with Crippen LogP contribution in [0.3, 0.4) is 0 Å². The predicted octanol–water partition coefficient (Wildman–Crippen LogP) is 3.48. The molecule has 0 aliphatic rings. The first-order valence-electron chi connectivity index (χ1n) is 5.35. The van der Waals surface area contributed by atoms with Gasteiger partial charge in [-0.05, 0) is 36.4 Å². The van der Waals surface area contributed by atoms with E-state index in [1.807, 2.05) is 6.07 Å². The first kappa shape index (κ1) is 13.5. The summed E-state index contributed by atoms with van der Waals surface area (Å²) in [4.78, 5) is -0.428. The topological polar surface area (TPSA) is 43.4 Å². The summed E-state index contributed by atoms with van der Waals surface area (Å²) < 4.78 is 52.5. The zero-order valence-electron chi connectivity index (χ0n) is 9.66. The lowest BCUT2D eigenvalue weighted by Crippen LogP contribution is -2.11. The van der Waals surface area contributed by atoms with Gasteiger partial charge in [-0.2, -0.15) is 8.78 Å². The van der Waals surface area contributed by atoms with Crippen molar-refractivity contribution in [1.82, 2.24) is 0 Å². The largest absolute Gasteiger partial charge is 0.457 e. The first-order valence-corrected chi connectivity index (χ1v) is 6.90. The van der Waals surface area contributed by atoms with Crippen LogP contribution in [0.15, 0.2) is 59.5 Å². The van der Waals surface area contributed by atoms with Crippen LogP contribution in [0.5, 0.6) is 11.5 Å². The van der Waals surface area contributed by atoms with Crippen molar-refractivity contribution in [2.45, 2.75) is 10.7 Å². The van der Waals surface area contributed by atoms with Crippen LogP contribution in [0, 0.1) is 0 Å². The quantitative estimate of drug-likeness (QED) is 0.863. The van der Waals surface area contributed by atoms with Crippen molar-refractivity contribution < 1.29 is 21.9 Å². The zero-order valence-corrected chi connectivity index (χ0v) is 10.5. The second kappa shape index (κ2) is 5.36. The van der Waals surface area contributed by atoms with E-state index in [-0.39, 0.29) is 0 Å². The van der Waals surface area contributed by atoms with E-state index < -0.39 is 20.5 Å². The monoisotopic (exact) mass is 284 g/mol. The van der Waals surface area contributed by atoms with E-state index in [1.54, 1.807) is 24.3 Å². The minimum Gasteiger partial charge on any atom is -0.457 e. The minimum atomic E-state index is -4.56. The Morgan fingerprint density at radius 3 is 1.89 bits per heavy atom. The van der Waals surface area contributed by atoms with E-state index in [2.05, 4.69) is 0 Å². The number of rotatable bonds is 4. The van der Waals surface area contributed by atoms with Crippen LogP contribution in [-0.4, -0.2) is 14.2 Å². The number of sulfone groups is 1. The summed E-state index contributed by atoms with van der Waals surface area (Å²) in [5.74, 6) is -2.47. The van der Waals surface area contributed by atoms with Gasteiger partial charge in [-0.1, -0.05) is 18.2 Å². The summed E-state index contributed by atoms with van der Waals surface area (Å²) in [6.07, 6.45) is 0. The Bertz CT molecular complexity index is 637. The third kappa shape index (κ3) is 3.08. The summed E-state index contributed by atoms with van der Waals surface area (Å²) >= 11 is 0. The van der Waals surface area contributed by atoms with E-state index in [1.165, 1.54) is 12.1 Å². The fraction of sp³-hybridized carbons (Fsp3) is 0.0769. The molecule has 0 amide bonds. The second-order valence-corrected chi connectivity index (χ2v) is 5.61. The molecule has 0 saturated carbocycles. The first-order chi connectivity index (χ1) is 9.00. The van der Waals surface area contributed by atoms with E-state index in [9.17, 15) is 17.2 Å². The fourth-order valence-electron chi connectivity index (χ4n) is 1.42. The molecule has 0 aliphatic carbocycles. The van der Waals surface area contributed by atoms with Crippen LogP contribution in [0.2, 0.25) is 0 Å². The van der Waals surface area contributed by atoms with Crippen LogP contribution in [-0.2, 0) is 9.84 Å². The van der Waals surface area contributed by atoms with Crippen LogP contribution in [0.25, 0.3) is 0 Å². The van der Waals surface area contributed by atoms with Gasteiger partial charge in [0.2, 0.25) is 9.84 Å². The Balaban J connectivity index is 2.20. The Labute approximate surface area is 109 Å². The van der Waals surface area contributed by atoms with Crippen LogP contribution in [0.4, 0.5) is 8.78 Å². The smallest absolute Gasteiger partial charge is 0.341 e. The maximum Gasteiger partial charge on any atom is 0.341 e. The molecule has 0 heterocycles. The summed E-state index contributed by atoms with van der Waals surface area (Å²) in [6, 6.07) is 13.7. The number of hydrogen-bond donors (Lipinski definition) is 0. The van der Waals surface area contributed by atoms with Crippen LogP contribution >= 0.6 is 0 Å². The Hall–Kier alpha value is -1.95. The highest BCUT2D eigenvalue weighted by atomic mass is 32.2. The van der Waals surface area contributed by atoms with Gasteiger partial charge in [0.1, 0.15) is 11.5 Å². The van der Waals surface area contributed by atoms with Crippen molar-refractivity contribution >= 4 is 9.84 Å². The average molecular weight is 284 g/mol. The SMILES string of the molecule is O=S(=O)(c1ccc(Oc2ccccc2)cc1)C(F)F. The number of alkyl halides is 2. The molecule has 0 bridgehead atoms. The summed E-state index contributed by atoms with van der Waals surface area (Å²) in [5.41, 5.74) is 0. The molecule has 0 aromatic heterocycles. The maximum atomic E-state index is 12.3. The molecule has 0 saturated heterocycles. The van der Waals surface area contributed by atoms with E-state index in [0.717, 1.165) is 12.1 Å². The van der Waals surface area contributed by atoms with Gasteiger partial charge in [-0.3, -0.25) is 0 Å². The van der Waals surface area contributed by atoms with Crippen LogP contribution in [0.1, 0.15) is 0 Å². The highest BCUT2D eigenvalue weighted by Gasteiger charge is 2.26.